The summed E-state index contributed by atoms with van der Waals surface area (Å²) >= 11 is 5.86. The van der Waals surface area contributed by atoms with Crippen molar-refractivity contribution in [3.63, 3.8) is 0 Å². The van der Waals surface area contributed by atoms with Crippen molar-refractivity contribution < 1.29 is 4.74 Å². The molecule has 3 heteroatoms. The molecular weight excluding hydrogens is 403 g/mol. The highest BCUT2D eigenvalue weighted by Crippen LogP contribution is 2.22. The van der Waals surface area contributed by atoms with Crippen LogP contribution in [0.1, 0.15) is 50.7 Å². The summed E-state index contributed by atoms with van der Waals surface area (Å²) in [6.07, 6.45) is 6.71. The molecule has 0 saturated heterocycles. The van der Waals surface area contributed by atoms with E-state index >= 15 is 0 Å². The van der Waals surface area contributed by atoms with Crippen LogP contribution in [0.25, 0.3) is 0 Å². The first-order chi connectivity index (χ1) is 8.77. The Morgan fingerprint density at radius 2 is 1.78 bits per heavy atom. The van der Waals surface area contributed by atoms with Crippen molar-refractivity contribution in [1.29, 1.82) is 0 Å². The predicted octanol–water partition coefficient (Wildman–Crippen LogP) is 5.91. The summed E-state index contributed by atoms with van der Waals surface area (Å²) in [5.74, 6) is 0. The first-order valence-electron chi connectivity index (χ1n) is 6.71. The van der Waals surface area contributed by atoms with Crippen molar-refractivity contribution in [3.8, 4) is 0 Å². The Bertz CT molecular complexity index is 313. The van der Waals surface area contributed by atoms with E-state index < -0.39 is 0 Å². The molecule has 18 heavy (non-hydrogen) atoms. The first kappa shape index (κ1) is 16.4. The number of alkyl halides is 1. The normalized spacial score (nSPS) is 12.6. The molecule has 102 valence electrons. The van der Waals surface area contributed by atoms with E-state index in [0.29, 0.717) is 0 Å². The van der Waals surface area contributed by atoms with Crippen molar-refractivity contribution in [2.75, 3.05) is 11.0 Å². The van der Waals surface area contributed by atoms with E-state index in [2.05, 4.69) is 69.7 Å². The molecule has 0 fully saturated rings. The third kappa shape index (κ3) is 6.53. The Labute approximate surface area is 133 Å². The molecule has 0 radical (unpaired) electrons. The molecule has 0 aliphatic heterocycles. The highest BCUT2D eigenvalue weighted by Gasteiger charge is 2.09. The van der Waals surface area contributed by atoms with Crippen LogP contribution in [0.3, 0.4) is 0 Å². The van der Waals surface area contributed by atoms with Gasteiger partial charge in [-0.1, -0.05) is 83.3 Å². The van der Waals surface area contributed by atoms with Gasteiger partial charge in [0.1, 0.15) is 0 Å². The van der Waals surface area contributed by atoms with Crippen LogP contribution in [-0.4, -0.2) is 11.0 Å². The molecule has 1 aromatic rings. The average molecular weight is 425 g/mol. The average Bonchev–Trinajstić information content (AvgIpc) is 2.39. The zero-order valence-corrected chi connectivity index (χ0v) is 14.7. The molecule has 0 bridgehead atoms. The Morgan fingerprint density at radius 1 is 1.11 bits per heavy atom. The third-order valence-corrected chi connectivity index (χ3v) is 4.28. The number of hydrogen-bond acceptors (Lipinski definition) is 1. The van der Waals surface area contributed by atoms with Crippen LogP contribution in [0.15, 0.2) is 28.7 Å². The maximum absolute atomic E-state index is 5.97. The predicted molar refractivity (Wildman–Crippen MR) is 90.5 cm³/mol. The lowest BCUT2D eigenvalue weighted by Gasteiger charge is -2.16. The van der Waals surface area contributed by atoms with Crippen molar-refractivity contribution in [3.05, 3.63) is 34.3 Å². The zero-order valence-electron chi connectivity index (χ0n) is 11.0. The molecule has 1 nitrogen and oxygen atoms in total. The fourth-order valence-electron chi connectivity index (χ4n) is 1.84. The maximum atomic E-state index is 5.97. The van der Waals surface area contributed by atoms with E-state index in [1.807, 2.05) is 0 Å². The van der Waals surface area contributed by atoms with E-state index in [1.54, 1.807) is 0 Å². The largest absolute Gasteiger partial charge is 0.373 e. The number of hydrogen-bond donors (Lipinski definition) is 0. The molecule has 0 amide bonds. The summed E-state index contributed by atoms with van der Waals surface area (Å²) in [5.41, 5.74) is 1.28. The molecule has 1 rings (SSSR count). The summed E-state index contributed by atoms with van der Waals surface area (Å²) in [4.78, 5) is 0. The monoisotopic (exact) mass is 424 g/mol. The van der Waals surface area contributed by atoms with Gasteiger partial charge in [0.2, 0.25) is 0 Å². The van der Waals surface area contributed by atoms with Crippen LogP contribution in [-0.2, 0) is 4.74 Å². The summed E-state index contributed by atoms with van der Waals surface area (Å²) in [6, 6.07) is 8.45. The summed E-state index contributed by atoms with van der Waals surface area (Å²) in [7, 11) is 0. The molecule has 0 aliphatic carbocycles. The minimum absolute atomic E-state index is 0.241. The minimum atomic E-state index is 0.241. The van der Waals surface area contributed by atoms with Gasteiger partial charge in [-0.2, -0.15) is 0 Å². The van der Waals surface area contributed by atoms with Crippen LogP contribution in [0, 0.1) is 0 Å². The summed E-state index contributed by atoms with van der Waals surface area (Å²) in [5, 5.41) is 0. The molecule has 0 aliphatic rings. The smallest absolute Gasteiger partial charge is 0.0914 e. The van der Waals surface area contributed by atoms with Gasteiger partial charge < -0.3 is 4.74 Å². The molecule has 0 aromatic heterocycles. The lowest BCUT2D eigenvalue weighted by molar-refractivity contribution is 0.0679. The lowest BCUT2D eigenvalue weighted by atomic mass is 10.1. The quantitative estimate of drug-likeness (QED) is 0.272. The molecule has 0 spiro atoms. The fourth-order valence-corrected chi connectivity index (χ4v) is 2.87. The standard InChI is InChI=1S/C15H22BrIO/c1-2-3-4-5-6-11-18-15(12-17)13-7-9-14(16)10-8-13/h7-10,15H,2-6,11-12H2,1H3. The van der Waals surface area contributed by atoms with Gasteiger partial charge in [-0.3, -0.25) is 0 Å². The van der Waals surface area contributed by atoms with E-state index in [-0.39, 0.29) is 6.10 Å². The van der Waals surface area contributed by atoms with Gasteiger partial charge in [-0.05, 0) is 24.1 Å². The van der Waals surface area contributed by atoms with E-state index in [1.165, 1.54) is 37.7 Å². The highest BCUT2D eigenvalue weighted by molar-refractivity contribution is 14.1. The highest BCUT2D eigenvalue weighted by atomic mass is 127. The number of benzene rings is 1. The van der Waals surface area contributed by atoms with E-state index in [9.17, 15) is 0 Å². The van der Waals surface area contributed by atoms with Gasteiger partial charge in [0.25, 0.3) is 0 Å². The molecule has 1 atom stereocenters. The van der Waals surface area contributed by atoms with Gasteiger partial charge in [-0.25, -0.2) is 0 Å². The minimum Gasteiger partial charge on any atom is -0.373 e. The second-order valence-electron chi connectivity index (χ2n) is 4.48. The van der Waals surface area contributed by atoms with Gasteiger partial charge in [0, 0.05) is 15.5 Å². The Balaban J connectivity index is 2.27. The van der Waals surface area contributed by atoms with Crippen molar-refractivity contribution in [2.24, 2.45) is 0 Å². The lowest BCUT2D eigenvalue weighted by Crippen LogP contribution is -2.07. The number of unbranched alkanes of at least 4 members (excludes halogenated alkanes) is 4. The first-order valence-corrected chi connectivity index (χ1v) is 9.02. The number of halogens is 2. The van der Waals surface area contributed by atoms with Crippen LogP contribution in [0.4, 0.5) is 0 Å². The Morgan fingerprint density at radius 3 is 2.39 bits per heavy atom. The van der Waals surface area contributed by atoms with Crippen molar-refractivity contribution in [2.45, 2.75) is 45.1 Å². The van der Waals surface area contributed by atoms with Crippen LogP contribution in [0.2, 0.25) is 0 Å². The van der Waals surface area contributed by atoms with Gasteiger partial charge in [-0.15, -0.1) is 0 Å². The van der Waals surface area contributed by atoms with Crippen molar-refractivity contribution >= 4 is 38.5 Å². The second-order valence-corrected chi connectivity index (χ2v) is 6.28. The number of rotatable bonds is 9. The molecule has 1 unspecified atom stereocenters. The molecular formula is C15H22BrIO. The molecule has 0 heterocycles. The summed E-state index contributed by atoms with van der Waals surface area (Å²) < 4.78 is 8.11. The zero-order chi connectivity index (χ0) is 13.2. The topological polar surface area (TPSA) is 9.23 Å². The van der Waals surface area contributed by atoms with Crippen molar-refractivity contribution in [1.82, 2.24) is 0 Å². The van der Waals surface area contributed by atoms with E-state index in [0.717, 1.165) is 15.5 Å². The second kappa shape index (κ2) is 10.2. The van der Waals surface area contributed by atoms with Crippen LogP contribution < -0.4 is 0 Å². The summed E-state index contributed by atoms with van der Waals surface area (Å²) in [6.45, 7) is 3.13. The maximum Gasteiger partial charge on any atom is 0.0914 e. The van der Waals surface area contributed by atoms with Gasteiger partial charge >= 0.3 is 0 Å². The Kier molecular flexibility index (Phi) is 9.33. The third-order valence-electron chi connectivity index (χ3n) is 2.95. The molecule has 0 saturated carbocycles. The molecule has 1 aromatic carbocycles. The van der Waals surface area contributed by atoms with Crippen LogP contribution in [0.5, 0.6) is 0 Å². The fraction of sp³-hybridized carbons (Fsp3) is 0.600. The van der Waals surface area contributed by atoms with Gasteiger partial charge in [0.15, 0.2) is 0 Å². The Hall–Kier alpha value is 0.390. The van der Waals surface area contributed by atoms with Crippen LogP contribution >= 0.6 is 38.5 Å². The SMILES string of the molecule is CCCCCCCOC(CI)c1ccc(Br)cc1. The van der Waals surface area contributed by atoms with Gasteiger partial charge in [0.05, 0.1) is 6.10 Å². The molecule has 0 N–H and O–H groups in total. The van der Waals surface area contributed by atoms with E-state index in [4.69, 9.17) is 4.74 Å². The number of ether oxygens (including phenoxy) is 1.